The molecule has 0 spiro atoms. The van der Waals surface area contributed by atoms with Gasteiger partial charge in [0.2, 0.25) is 0 Å². The molecule has 0 amide bonds. The highest BCUT2D eigenvalue weighted by atomic mass is 32.2. The molecule has 0 radical (unpaired) electrons. The van der Waals surface area contributed by atoms with Gasteiger partial charge in [-0.05, 0) is 50.8 Å². The van der Waals surface area contributed by atoms with E-state index < -0.39 is 0 Å². The molecule has 4 atom stereocenters. The van der Waals surface area contributed by atoms with E-state index in [0.717, 1.165) is 30.8 Å². The molecule has 144 valence electrons. The van der Waals surface area contributed by atoms with E-state index in [0.29, 0.717) is 12.0 Å². The van der Waals surface area contributed by atoms with Crippen molar-refractivity contribution in [3.63, 3.8) is 0 Å². The average molecular weight is 376 g/mol. The van der Waals surface area contributed by atoms with Crippen LogP contribution < -0.4 is 10.6 Å². The molecular formula is C21H33N3OS. The molecule has 1 saturated heterocycles. The van der Waals surface area contributed by atoms with Gasteiger partial charge in [0, 0.05) is 37.4 Å². The molecule has 4 unspecified atom stereocenters. The summed E-state index contributed by atoms with van der Waals surface area (Å²) in [5.41, 5.74) is 2.59. The fourth-order valence-corrected chi connectivity index (χ4v) is 4.87. The predicted molar refractivity (Wildman–Crippen MR) is 112 cm³/mol. The SMILES string of the molecule is CN=C(NCC1CCCOC1c1ccc(C)cc1)NC1CCC(SC)C1. The van der Waals surface area contributed by atoms with Crippen LogP contribution in [0.2, 0.25) is 0 Å². The van der Waals surface area contributed by atoms with Gasteiger partial charge >= 0.3 is 0 Å². The molecule has 1 aliphatic carbocycles. The van der Waals surface area contributed by atoms with Crippen LogP contribution in [0.1, 0.15) is 49.3 Å². The minimum atomic E-state index is 0.183. The van der Waals surface area contributed by atoms with Crippen molar-refractivity contribution >= 4 is 17.7 Å². The summed E-state index contributed by atoms with van der Waals surface area (Å²) in [6.07, 6.45) is 8.52. The van der Waals surface area contributed by atoms with Gasteiger partial charge in [-0.3, -0.25) is 4.99 Å². The summed E-state index contributed by atoms with van der Waals surface area (Å²) in [5, 5.41) is 7.97. The van der Waals surface area contributed by atoms with E-state index >= 15 is 0 Å². The van der Waals surface area contributed by atoms with Crippen molar-refractivity contribution in [2.75, 3.05) is 26.5 Å². The van der Waals surface area contributed by atoms with Crippen molar-refractivity contribution in [2.24, 2.45) is 10.9 Å². The fraction of sp³-hybridized carbons (Fsp3) is 0.667. The molecule has 2 fully saturated rings. The summed E-state index contributed by atoms with van der Waals surface area (Å²) < 4.78 is 6.14. The second kappa shape index (κ2) is 9.65. The van der Waals surface area contributed by atoms with Crippen molar-refractivity contribution < 1.29 is 4.74 Å². The summed E-state index contributed by atoms with van der Waals surface area (Å²) in [6.45, 7) is 3.89. The van der Waals surface area contributed by atoms with Gasteiger partial charge in [0.15, 0.2) is 5.96 Å². The van der Waals surface area contributed by atoms with Crippen molar-refractivity contribution in [3.05, 3.63) is 35.4 Å². The zero-order chi connectivity index (χ0) is 18.4. The third-order valence-corrected chi connectivity index (χ3v) is 6.76. The lowest BCUT2D eigenvalue weighted by Gasteiger charge is -2.33. The fourth-order valence-electron chi connectivity index (χ4n) is 4.08. The van der Waals surface area contributed by atoms with Crippen molar-refractivity contribution in [3.8, 4) is 0 Å². The van der Waals surface area contributed by atoms with E-state index in [1.807, 2.05) is 18.8 Å². The smallest absolute Gasteiger partial charge is 0.191 e. The Morgan fingerprint density at radius 2 is 2.04 bits per heavy atom. The number of rotatable bonds is 5. The van der Waals surface area contributed by atoms with Gasteiger partial charge in [-0.1, -0.05) is 29.8 Å². The third-order valence-electron chi connectivity index (χ3n) is 5.66. The highest BCUT2D eigenvalue weighted by molar-refractivity contribution is 7.99. The monoisotopic (exact) mass is 375 g/mol. The second-order valence-electron chi connectivity index (χ2n) is 7.57. The lowest BCUT2D eigenvalue weighted by molar-refractivity contribution is -0.0265. The first kappa shape index (κ1) is 19.6. The minimum Gasteiger partial charge on any atom is -0.373 e. The first-order chi connectivity index (χ1) is 12.7. The van der Waals surface area contributed by atoms with Gasteiger partial charge in [0.05, 0.1) is 6.10 Å². The molecule has 1 aromatic carbocycles. The average Bonchev–Trinajstić information content (AvgIpc) is 3.14. The zero-order valence-electron chi connectivity index (χ0n) is 16.3. The zero-order valence-corrected chi connectivity index (χ0v) is 17.1. The van der Waals surface area contributed by atoms with Gasteiger partial charge in [-0.25, -0.2) is 0 Å². The van der Waals surface area contributed by atoms with Gasteiger partial charge in [0.1, 0.15) is 0 Å². The Bertz CT molecular complexity index is 589. The van der Waals surface area contributed by atoms with Crippen LogP contribution in [0.4, 0.5) is 0 Å². The summed E-state index contributed by atoms with van der Waals surface area (Å²) in [4.78, 5) is 4.44. The minimum absolute atomic E-state index is 0.183. The third kappa shape index (κ3) is 5.17. The summed E-state index contributed by atoms with van der Waals surface area (Å²) in [6, 6.07) is 9.34. The quantitative estimate of drug-likeness (QED) is 0.605. The summed E-state index contributed by atoms with van der Waals surface area (Å²) in [5.74, 6) is 1.41. The molecule has 3 rings (SSSR count). The number of ether oxygens (including phenoxy) is 1. The molecule has 0 bridgehead atoms. The number of hydrogen-bond acceptors (Lipinski definition) is 3. The maximum absolute atomic E-state index is 6.14. The number of hydrogen-bond donors (Lipinski definition) is 2. The van der Waals surface area contributed by atoms with Crippen LogP contribution in [0.15, 0.2) is 29.3 Å². The lowest BCUT2D eigenvalue weighted by Crippen LogP contribution is -2.45. The van der Waals surface area contributed by atoms with Crippen LogP contribution in [0.5, 0.6) is 0 Å². The number of guanidine groups is 1. The van der Waals surface area contributed by atoms with Crippen LogP contribution in [0.3, 0.4) is 0 Å². The number of benzene rings is 1. The highest BCUT2D eigenvalue weighted by Gasteiger charge is 2.28. The molecule has 2 N–H and O–H groups in total. The molecular weight excluding hydrogens is 342 g/mol. The Hall–Kier alpha value is -1.20. The number of thioether (sulfide) groups is 1. The molecule has 0 aromatic heterocycles. The maximum Gasteiger partial charge on any atom is 0.191 e. The normalized spacial score (nSPS) is 29.6. The predicted octanol–water partition coefficient (Wildman–Crippen LogP) is 3.91. The first-order valence-electron chi connectivity index (χ1n) is 9.87. The molecule has 2 aliphatic rings. The summed E-state index contributed by atoms with van der Waals surface area (Å²) in [7, 11) is 1.87. The molecule has 1 saturated carbocycles. The maximum atomic E-state index is 6.14. The summed E-state index contributed by atoms with van der Waals surface area (Å²) >= 11 is 1.99. The van der Waals surface area contributed by atoms with E-state index in [4.69, 9.17) is 4.74 Å². The number of nitrogens with one attached hydrogen (secondary N) is 2. The highest BCUT2D eigenvalue weighted by Crippen LogP contribution is 2.33. The largest absolute Gasteiger partial charge is 0.373 e. The molecule has 26 heavy (non-hydrogen) atoms. The molecule has 1 heterocycles. The Labute approximate surface area is 162 Å². The van der Waals surface area contributed by atoms with Crippen molar-refractivity contribution in [1.29, 1.82) is 0 Å². The van der Waals surface area contributed by atoms with Crippen LogP contribution >= 0.6 is 11.8 Å². The van der Waals surface area contributed by atoms with Gasteiger partial charge < -0.3 is 15.4 Å². The lowest BCUT2D eigenvalue weighted by atomic mass is 9.89. The molecule has 5 heteroatoms. The van der Waals surface area contributed by atoms with Crippen molar-refractivity contribution in [1.82, 2.24) is 10.6 Å². The van der Waals surface area contributed by atoms with E-state index in [1.165, 1.54) is 36.8 Å². The molecule has 1 aliphatic heterocycles. The van der Waals surface area contributed by atoms with E-state index in [1.54, 1.807) is 0 Å². The van der Waals surface area contributed by atoms with Crippen LogP contribution in [0.25, 0.3) is 0 Å². The molecule has 4 nitrogen and oxygen atoms in total. The Morgan fingerprint density at radius 3 is 2.73 bits per heavy atom. The number of aryl methyl sites for hydroxylation is 1. The van der Waals surface area contributed by atoms with Crippen LogP contribution in [0, 0.1) is 12.8 Å². The Balaban J connectivity index is 1.54. The number of nitrogens with zero attached hydrogens (tertiary/aromatic N) is 1. The van der Waals surface area contributed by atoms with Crippen molar-refractivity contribution in [2.45, 2.75) is 56.4 Å². The second-order valence-corrected chi connectivity index (χ2v) is 8.71. The Morgan fingerprint density at radius 1 is 1.23 bits per heavy atom. The van der Waals surface area contributed by atoms with Crippen LogP contribution in [-0.2, 0) is 4.74 Å². The Kier molecular flexibility index (Phi) is 7.26. The number of aliphatic imine (C=N–C) groups is 1. The van der Waals surface area contributed by atoms with Crippen LogP contribution in [-0.4, -0.2) is 43.7 Å². The molecule has 1 aromatic rings. The van der Waals surface area contributed by atoms with Gasteiger partial charge in [-0.15, -0.1) is 0 Å². The first-order valence-corrected chi connectivity index (χ1v) is 11.2. The topological polar surface area (TPSA) is 45.7 Å². The van der Waals surface area contributed by atoms with Gasteiger partial charge in [-0.2, -0.15) is 11.8 Å². The van der Waals surface area contributed by atoms with E-state index in [2.05, 4.69) is 53.1 Å². The standard InChI is InChI=1S/C21H33N3OS/c1-15-6-8-16(9-7-15)20-17(5-4-12-25-20)14-23-21(22-2)24-18-10-11-19(13-18)26-3/h6-9,17-20H,4-5,10-14H2,1-3H3,(H2,22,23,24). The van der Waals surface area contributed by atoms with E-state index in [9.17, 15) is 0 Å². The van der Waals surface area contributed by atoms with Gasteiger partial charge in [0.25, 0.3) is 0 Å². The van der Waals surface area contributed by atoms with E-state index in [-0.39, 0.29) is 6.10 Å².